The van der Waals surface area contributed by atoms with Gasteiger partial charge in [0.2, 0.25) is 0 Å². The number of alkyl halides is 3. The molecule has 1 saturated heterocycles. The highest BCUT2D eigenvalue weighted by Gasteiger charge is 2.40. The summed E-state index contributed by atoms with van der Waals surface area (Å²) in [6.45, 7) is 4.37. The number of hydrogen-bond acceptors (Lipinski definition) is 3. The van der Waals surface area contributed by atoms with Gasteiger partial charge in [-0.15, -0.1) is 0 Å². The number of hydrogen-bond donors (Lipinski definition) is 2. The highest BCUT2D eigenvalue weighted by atomic mass is 19.4. The van der Waals surface area contributed by atoms with Crippen molar-refractivity contribution in [2.75, 3.05) is 36.4 Å². The van der Waals surface area contributed by atoms with E-state index in [0.29, 0.717) is 11.8 Å². The van der Waals surface area contributed by atoms with Crippen LogP contribution in [-0.4, -0.2) is 26.2 Å². The Hall–Kier alpha value is -2.21. The molecule has 0 spiro atoms. The van der Waals surface area contributed by atoms with Crippen LogP contribution in [0, 0.1) is 5.92 Å². The van der Waals surface area contributed by atoms with Gasteiger partial charge in [-0.1, -0.05) is 18.2 Å². The summed E-state index contributed by atoms with van der Waals surface area (Å²) >= 11 is 0. The zero-order valence-electron chi connectivity index (χ0n) is 14.9. The maximum Gasteiger partial charge on any atom is 0.416 e. The predicted octanol–water partition coefficient (Wildman–Crippen LogP) is 4.00. The van der Waals surface area contributed by atoms with Gasteiger partial charge in [-0.3, -0.25) is 0 Å². The lowest BCUT2D eigenvalue weighted by atomic mass is 9.83. The lowest BCUT2D eigenvalue weighted by Gasteiger charge is -2.35. The molecule has 0 radical (unpaired) electrons. The predicted molar refractivity (Wildman–Crippen MR) is 100 cm³/mol. The molecule has 3 nitrogen and oxygen atoms in total. The van der Waals surface area contributed by atoms with Gasteiger partial charge in [0.1, 0.15) is 0 Å². The molecule has 3 aliphatic rings. The van der Waals surface area contributed by atoms with Crippen molar-refractivity contribution in [3.05, 3.63) is 58.7 Å². The number of nitrogens with one attached hydrogen (secondary N) is 2. The van der Waals surface area contributed by atoms with Gasteiger partial charge >= 0.3 is 6.18 Å². The van der Waals surface area contributed by atoms with Crippen molar-refractivity contribution in [1.29, 1.82) is 0 Å². The van der Waals surface area contributed by atoms with Crippen LogP contribution >= 0.6 is 0 Å². The monoisotopic (exact) mass is 373 g/mol. The van der Waals surface area contributed by atoms with Crippen LogP contribution < -0.4 is 15.5 Å². The van der Waals surface area contributed by atoms with Gasteiger partial charge in [-0.05, 0) is 47.2 Å². The maximum atomic E-state index is 13.2. The van der Waals surface area contributed by atoms with Gasteiger partial charge in [-0.25, -0.2) is 0 Å². The van der Waals surface area contributed by atoms with Gasteiger partial charge in [-0.2, -0.15) is 13.2 Å². The van der Waals surface area contributed by atoms with E-state index >= 15 is 0 Å². The molecule has 1 fully saturated rings. The SMILES string of the molecule is FC(F)(F)c1ccccc1CNc1cc2c3c(c1)C1CNCC1CN3CC2. The van der Waals surface area contributed by atoms with E-state index in [-0.39, 0.29) is 12.1 Å². The lowest BCUT2D eigenvalue weighted by Crippen LogP contribution is -2.35. The van der Waals surface area contributed by atoms with Gasteiger partial charge in [0.25, 0.3) is 0 Å². The van der Waals surface area contributed by atoms with Crippen molar-refractivity contribution < 1.29 is 13.2 Å². The van der Waals surface area contributed by atoms with E-state index in [1.807, 2.05) is 0 Å². The van der Waals surface area contributed by atoms with Crippen molar-refractivity contribution in [2.45, 2.75) is 25.1 Å². The molecule has 142 valence electrons. The van der Waals surface area contributed by atoms with E-state index in [1.165, 1.54) is 22.9 Å². The fraction of sp³-hybridized carbons (Fsp3) is 0.429. The molecule has 0 amide bonds. The Kier molecular flexibility index (Phi) is 3.86. The summed E-state index contributed by atoms with van der Waals surface area (Å²) in [6.07, 6.45) is -3.31. The Morgan fingerprint density at radius 2 is 2.00 bits per heavy atom. The third-order valence-corrected chi connectivity index (χ3v) is 6.19. The third-order valence-electron chi connectivity index (χ3n) is 6.19. The molecule has 5 rings (SSSR count). The molecule has 2 atom stereocenters. The molecule has 3 aliphatic heterocycles. The minimum Gasteiger partial charge on any atom is -0.381 e. The first-order valence-corrected chi connectivity index (χ1v) is 9.52. The molecule has 0 bridgehead atoms. The summed E-state index contributed by atoms with van der Waals surface area (Å²) in [5.74, 6) is 1.14. The second-order valence-electron chi connectivity index (χ2n) is 7.80. The third kappa shape index (κ3) is 2.87. The Bertz CT molecular complexity index is 877. The number of fused-ring (bicyclic) bond motifs is 2. The first-order valence-electron chi connectivity index (χ1n) is 9.52. The van der Waals surface area contributed by atoms with Crippen LogP contribution in [0.1, 0.15) is 28.2 Å². The number of halogens is 3. The fourth-order valence-corrected chi connectivity index (χ4v) is 4.95. The van der Waals surface area contributed by atoms with Crippen molar-refractivity contribution in [3.63, 3.8) is 0 Å². The largest absolute Gasteiger partial charge is 0.416 e. The van der Waals surface area contributed by atoms with Crippen molar-refractivity contribution >= 4 is 11.4 Å². The molecule has 0 aliphatic carbocycles. The number of nitrogens with zero attached hydrogens (tertiary/aromatic N) is 1. The van der Waals surface area contributed by atoms with E-state index in [9.17, 15) is 13.2 Å². The zero-order valence-corrected chi connectivity index (χ0v) is 14.9. The van der Waals surface area contributed by atoms with Crippen LogP contribution in [0.5, 0.6) is 0 Å². The minimum absolute atomic E-state index is 0.171. The number of rotatable bonds is 3. The van der Waals surface area contributed by atoms with E-state index in [4.69, 9.17) is 0 Å². The molecule has 0 saturated carbocycles. The standard InChI is InChI=1S/C21H22F3N3/c22-21(23,24)19-4-2-1-3-14(19)10-26-16-7-13-5-6-27-12-15-9-25-11-18(15)17(8-16)20(13)27/h1-4,7-8,15,18,25-26H,5-6,9-12H2. The molecule has 2 N–H and O–H groups in total. The van der Waals surface area contributed by atoms with Crippen molar-refractivity contribution in [3.8, 4) is 0 Å². The van der Waals surface area contributed by atoms with Crippen LogP contribution in [0.25, 0.3) is 0 Å². The van der Waals surface area contributed by atoms with Gasteiger partial charge in [0.15, 0.2) is 0 Å². The second-order valence-corrected chi connectivity index (χ2v) is 7.80. The maximum absolute atomic E-state index is 13.2. The molecular formula is C21H22F3N3. The fourth-order valence-electron chi connectivity index (χ4n) is 4.95. The first-order chi connectivity index (χ1) is 13.0. The van der Waals surface area contributed by atoms with Crippen LogP contribution in [0.15, 0.2) is 36.4 Å². The van der Waals surface area contributed by atoms with Crippen LogP contribution in [0.4, 0.5) is 24.5 Å². The van der Waals surface area contributed by atoms with Crippen LogP contribution in [-0.2, 0) is 19.1 Å². The summed E-state index contributed by atoms with van der Waals surface area (Å²) in [5.41, 5.74) is 4.70. The van der Waals surface area contributed by atoms with E-state index < -0.39 is 11.7 Å². The molecule has 3 heterocycles. The zero-order chi connectivity index (χ0) is 18.6. The Labute approximate surface area is 156 Å². The average Bonchev–Trinajstić information content (AvgIpc) is 3.28. The Balaban J connectivity index is 1.44. The van der Waals surface area contributed by atoms with E-state index in [2.05, 4.69) is 27.7 Å². The molecule has 2 aromatic carbocycles. The van der Waals surface area contributed by atoms with Gasteiger partial charge < -0.3 is 15.5 Å². The van der Waals surface area contributed by atoms with E-state index in [0.717, 1.165) is 44.4 Å². The second kappa shape index (κ2) is 6.16. The van der Waals surface area contributed by atoms with Crippen molar-refractivity contribution in [2.24, 2.45) is 5.92 Å². The van der Waals surface area contributed by atoms with E-state index in [1.54, 1.807) is 12.1 Å². The number of benzene rings is 2. The number of anilines is 2. The molecular weight excluding hydrogens is 351 g/mol. The van der Waals surface area contributed by atoms with Crippen LogP contribution in [0.2, 0.25) is 0 Å². The molecule has 2 unspecified atom stereocenters. The Morgan fingerprint density at radius 1 is 1.15 bits per heavy atom. The van der Waals surface area contributed by atoms with Gasteiger partial charge in [0, 0.05) is 50.0 Å². The topological polar surface area (TPSA) is 27.3 Å². The Morgan fingerprint density at radius 3 is 2.85 bits per heavy atom. The summed E-state index contributed by atoms with van der Waals surface area (Å²) < 4.78 is 39.7. The molecule has 2 aromatic rings. The smallest absolute Gasteiger partial charge is 0.381 e. The molecule has 6 heteroatoms. The van der Waals surface area contributed by atoms with Gasteiger partial charge in [0.05, 0.1) is 5.56 Å². The highest BCUT2D eigenvalue weighted by molar-refractivity contribution is 5.71. The minimum atomic E-state index is -4.33. The highest BCUT2D eigenvalue weighted by Crippen LogP contribution is 2.46. The summed E-state index contributed by atoms with van der Waals surface area (Å²) in [5, 5.41) is 6.76. The summed E-state index contributed by atoms with van der Waals surface area (Å²) in [7, 11) is 0. The summed E-state index contributed by atoms with van der Waals surface area (Å²) in [4.78, 5) is 2.49. The van der Waals surface area contributed by atoms with Crippen molar-refractivity contribution in [1.82, 2.24) is 5.32 Å². The quantitative estimate of drug-likeness (QED) is 0.852. The first kappa shape index (κ1) is 16.9. The summed E-state index contributed by atoms with van der Waals surface area (Å²) in [6, 6.07) is 10.1. The van der Waals surface area contributed by atoms with Crippen LogP contribution in [0.3, 0.4) is 0 Å². The lowest BCUT2D eigenvalue weighted by molar-refractivity contribution is -0.138. The average molecular weight is 373 g/mol. The molecule has 0 aromatic heterocycles. The normalized spacial score (nSPS) is 23.3. The molecule has 27 heavy (non-hydrogen) atoms.